The van der Waals surface area contributed by atoms with Crippen LogP contribution in [-0.2, 0) is 10.1 Å². The van der Waals surface area contributed by atoms with Gasteiger partial charge in [0.15, 0.2) is 0 Å². The maximum absolute atomic E-state index is 11.4. The van der Waals surface area contributed by atoms with Gasteiger partial charge in [0.05, 0.1) is 14.2 Å². The zero-order chi connectivity index (χ0) is 10.6. The molecule has 0 amide bonds. The quantitative estimate of drug-likeness (QED) is 0.617. The van der Waals surface area contributed by atoms with Crippen molar-refractivity contribution in [3.05, 3.63) is 29.3 Å². The van der Waals surface area contributed by atoms with Crippen LogP contribution in [0.3, 0.4) is 0 Å². The molecule has 0 spiro atoms. The third kappa shape index (κ3) is 2.07. The monoisotopic (exact) mass is 258 g/mol. The molecule has 76 valence electrons. The van der Waals surface area contributed by atoms with E-state index in [0.717, 1.165) is 5.56 Å². The van der Waals surface area contributed by atoms with Crippen molar-refractivity contribution in [2.45, 2.75) is 5.33 Å². The number of esters is 1. The van der Waals surface area contributed by atoms with Crippen molar-refractivity contribution in [2.24, 2.45) is 0 Å². The first-order valence-corrected chi connectivity index (χ1v) is 5.17. The number of ether oxygens (including phenoxy) is 2. The van der Waals surface area contributed by atoms with Gasteiger partial charge in [-0.3, -0.25) is 0 Å². The lowest BCUT2D eigenvalue weighted by atomic mass is 10.1. The van der Waals surface area contributed by atoms with Crippen LogP contribution >= 0.6 is 15.9 Å². The summed E-state index contributed by atoms with van der Waals surface area (Å²) in [6, 6.07) is 5.42. The third-order valence-corrected chi connectivity index (χ3v) is 2.47. The summed E-state index contributed by atoms with van der Waals surface area (Å²) < 4.78 is 9.77. The van der Waals surface area contributed by atoms with Gasteiger partial charge in [-0.1, -0.05) is 28.1 Å². The van der Waals surface area contributed by atoms with Crippen LogP contribution in [0.4, 0.5) is 0 Å². The molecule has 0 aliphatic heterocycles. The second kappa shape index (κ2) is 5.00. The number of hydrogen-bond donors (Lipinski definition) is 0. The molecule has 0 unspecified atom stereocenters. The van der Waals surface area contributed by atoms with E-state index < -0.39 is 0 Å². The summed E-state index contributed by atoms with van der Waals surface area (Å²) in [4.78, 5) is 11.4. The van der Waals surface area contributed by atoms with Crippen LogP contribution in [0.15, 0.2) is 18.2 Å². The van der Waals surface area contributed by atoms with Gasteiger partial charge < -0.3 is 9.47 Å². The lowest BCUT2D eigenvalue weighted by Gasteiger charge is -2.09. The Morgan fingerprint density at radius 2 is 2.14 bits per heavy atom. The van der Waals surface area contributed by atoms with Gasteiger partial charge >= 0.3 is 5.97 Å². The molecule has 0 aromatic heterocycles. The highest BCUT2D eigenvalue weighted by Crippen LogP contribution is 2.24. The van der Waals surface area contributed by atoms with Gasteiger partial charge in [-0.05, 0) is 11.6 Å². The number of alkyl halides is 1. The zero-order valence-electron chi connectivity index (χ0n) is 8.04. The van der Waals surface area contributed by atoms with Crippen LogP contribution in [0.5, 0.6) is 5.75 Å². The summed E-state index contributed by atoms with van der Waals surface area (Å²) in [6.07, 6.45) is 0. The molecule has 1 aromatic carbocycles. The minimum Gasteiger partial charge on any atom is -0.496 e. The fourth-order valence-corrected chi connectivity index (χ4v) is 1.66. The number of benzene rings is 1. The minimum absolute atomic E-state index is 0.378. The average Bonchev–Trinajstić information content (AvgIpc) is 2.26. The molecular formula is C10H11BrO3. The summed E-state index contributed by atoms with van der Waals surface area (Å²) in [5.41, 5.74) is 1.34. The molecule has 0 N–H and O–H groups in total. The number of carbonyl (C=O) groups is 1. The Kier molecular flexibility index (Phi) is 3.95. The fraction of sp³-hybridized carbons (Fsp3) is 0.300. The molecule has 0 heterocycles. The van der Waals surface area contributed by atoms with Crippen molar-refractivity contribution in [2.75, 3.05) is 14.2 Å². The van der Waals surface area contributed by atoms with Crippen molar-refractivity contribution >= 4 is 21.9 Å². The summed E-state index contributed by atoms with van der Waals surface area (Å²) >= 11 is 3.31. The smallest absolute Gasteiger partial charge is 0.341 e. The van der Waals surface area contributed by atoms with E-state index in [1.807, 2.05) is 12.1 Å². The van der Waals surface area contributed by atoms with E-state index in [-0.39, 0.29) is 5.97 Å². The second-order valence-electron chi connectivity index (χ2n) is 2.62. The van der Waals surface area contributed by atoms with Crippen molar-refractivity contribution in [3.8, 4) is 5.75 Å². The lowest BCUT2D eigenvalue weighted by Crippen LogP contribution is -2.07. The number of hydrogen-bond acceptors (Lipinski definition) is 3. The molecule has 0 saturated heterocycles. The first-order chi connectivity index (χ1) is 6.74. The van der Waals surface area contributed by atoms with Gasteiger partial charge in [0, 0.05) is 5.33 Å². The SMILES string of the molecule is COC(=O)c1c(CBr)cccc1OC. The molecular weight excluding hydrogens is 248 g/mol. The molecule has 0 radical (unpaired) electrons. The molecule has 0 aliphatic rings. The maximum atomic E-state index is 11.4. The van der Waals surface area contributed by atoms with E-state index in [1.165, 1.54) is 14.2 Å². The van der Waals surface area contributed by atoms with Crippen LogP contribution in [0.2, 0.25) is 0 Å². The van der Waals surface area contributed by atoms with Crippen LogP contribution in [0.1, 0.15) is 15.9 Å². The topological polar surface area (TPSA) is 35.5 Å². The molecule has 0 bridgehead atoms. The first-order valence-electron chi connectivity index (χ1n) is 4.04. The standard InChI is InChI=1S/C10H11BrO3/c1-13-8-5-3-4-7(6-11)9(8)10(12)14-2/h3-5H,6H2,1-2H3. The average molecular weight is 259 g/mol. The van der Waals surface area contributed by atoms with Crippen LogP contribution in [-0.4, -0.2) is 20.2 Å². The van der Waals surface area contributed by atoms with Crippen molar-refractivity contribution < 1.29 is 14.3 Å². The predicted octanol–water partition coefficient (Wildman–Crippen LogP) is 2.38. The molecule has 14 heavy (non-hydrogen) atoms. The van der Waals surface area contributed by atoms with E-state index in [0.29, 0.717) is 16.6 Å². The summed E-state index contributed by atoms with van der Waals surface area (Å²) in [5.74, 6) is 0.158. The molecule has 0 atom stereocenters. The Labute approximate surface area is 91.1 Å². The van der Waals surface area contributed by atoms with Gasteiger partial charge in [0.25, 0.3) is 0 Å². The number of methoxy groups -OCH3 is 2. The fourth-order valence-electron chi connectivity index (χ4n) is 1.19. The Bertz CT molecular complexity index is 314. The Balaban J connectivity index is 3.25. The van der Waals surface area contributed by atoms with Crippen LogP contribution in [0, 0.1) is 0 Å². The van der Waals surface area contributed by atoms with Crippen LogP contribution in [0.25, 0.3) is 0 Å². The number of rotatable bonds is 3. The van der Waals surface area contributed by atoms with E-state index >= 15 is 0 Å². The highest BCUT2D eigenvalue weighted by atomic mass is 79.9. The van der Waals surface area contributed by atoms with Crippen LogP contribution < -0.4 is 4.74 Å². The first kappa shape index (κ1) is 11.0. The predicted molar refractivity (Wildman–Crippen MR) is 57.0 cm³/mol. The molecule has 1 aromatic rings. The lowest BCUT2D eigenvalue weighted by molar-refractivity contribution is 0.0596. The van der Waals surface area contributed by atoms with E-state index in [9.17, 15) is 4.79 Å². The second-order valence-corrected chi connectivity index (χ2v) is 3.18. The van der Waals surface area contributed by atoms with E-state index in [4.69, 9.17) is 4.74 Å². The normalized spacial score (nSPS) is 9.64. The summed E-state index contributed by atoms with van der Waals surface area (Å²) in [6.45, 7) is 0. The van der Waals surface area contributed by atoms with Crippen molar-refractivity contribution in [1.29, 1.82) is 0 Å². The highest BCUT2D eigenvalue weighted by Gasteiger charge is 2.16. The van der Waals surface area contributed by atoms with Gasteiger partial charge in [-0.15, -0.1) is 0 Å². The zero-order valence-corrected chi connectivity index (χ0v) is 9.63. The maximum Gasteiger partial charge on any atom is 0.341 e. The molecule has 4 heteroatoms. The van der Waals surface area contributed by atoms with Gasteiger partial charge in [-0.2, -0.15) is 0 Å². The molecule has 1 rings (SSSR count). The third-order valence-electron chi connectivity index (χ3n) is 1.87. The largest absolute Gasteiger partial charge is 0.496 e. The van der Waals surface area contributed by atoms with E-state index in [1.54, 1.807) is 6.07 Å². The number of carbonyl (C=O) groups excluding carboxylic acids is 1. The van der Waals surface area contributed by atoms with Gasteiger partial charge in [0.2, 0.25) is 0 Å². The van der Waals surface area contributed by atoms with Gasteiger partial charge in [-0.25, -0.2) is 4.79 Å². The van der Waals surface area contributed by atoms with Gasteiger partial charge in [0.1, 0.15) is 11.3 Å². The highest BCUT2D eigenvalue weighted by molar-refractivity contribution is 9.08. The van der Waals surface area contributed by atoms with Crippen molar-refractivity contribution in [1.82, 2.24) is 0 Å². The minimum atomic E-state index is -0.378. The molecule has 0 aliphatic carbocycles. The Hall–Kier alpha value is -1.03. The van der Waals surface area contributed by atoms with Crippen molar-refractivity contribution in [3.63, 3.8) is 0 Å². The number of halogens is 1. The Morgan fingerprint density at radius 3 is 2.64 bits per heavy atom. The summed E-state index contributed by atoms with van der Waals surface area (Å²) in [7, 11) is 2.88. The molecule has 0 fully saturated rings. The molecule has 3 nitrogen and oxygen atoms in total. The van der Waals surface area contributed by atoms with E-state index in [2.05, 4.69) is 20.7 Å². The molecule has 0 saturated carbocycles. The Morgan fingerprint density at radius 1 is 1.43 bits per heavy atom. The summed E-state index contributed by atoms with van der Waals surface area (Å²) in [5, 5.41) is 0.592.